The van der Waals surface area contributed by atoms with E-state index >= 15 is 0 Å². The molecule has 0 aliphatic carbocycles. The SMILES string of the molecule is COc1ccccn1.c1ccc2ncccc2c1. The van der Waals surface area contributed by atoms with Gasteiger partial charge in [0, 0.05) is 23.8 Å². The largest absolute Gasteiger partial charge is 0.481 e. The molecule has 3 heteroatoms. The fraction of sp³-hybridized carbons (Fsp3) is 0.0667. The maximum atomic E-state index is 4.80. The number of pyridine rings is 2. The van der Waals surface area contributed by atoms with E-state index in [0.717, 1.165) is 5.52 Å². The first-order chi connectivity index (χ1) is 8.90. The van der Waals surface area contributed by atoms with Crippen molar-refractivity contribution in [3.63, 3.8) is 0 Å². The summed E-state index contributed by atoms with van der Waals surface area (Å²) in [7, 11) is 1.60. The van der Waals surface area contributed by atoms with Crippen LogP contribution < -0.4 is 4.74 Å². The van der Waals surface area contributed by atoms with Gasteiger partial charge in [-0.05, 0) is 18.2 Å². The Morgan fingerprint density at radius 2 is 1.50 bits per heavy atom. The van der Waals surface area contributed by atoms with Crippen LogP contribution >= 0.6 is 0 Å². The Balaban J connectivity index is 0.000000138. The molecule has 0 amide bonds. The van der Waals surface area contributed by atoms with Gasteiger partial charge in [0.05, 0.1) is 12.6 Å². The molecule has 2 heterocycles. The van der Waals surface area contributed by atoms with Gasteiger partial charge < -0.3 is 4.74 Å². The normalized spacial score (nSPS) is 9.39. The molecule has 0 bridgehead atoms. The number of aromatic nitrogens is 2. The van der Waals surface area contributed by atoms with Crippen LogP contribution in [0.15, 0.2) is 67.0 Å². The van der Waals surface area contributed by atoms with Gasteiger partial charge in [-0.3, -0.25) is 4.98 Å². The Morgan fingerprint density at radius 1 is 0.778 bits per heavy atom. The highest BCUT2D eigenvalue weighted by Gasteiger charge is 1.86. The lowest BCUT2D eigenvalue weighted by Gasteiger charge is -1.92. The lowest BCUT2D eigenvalue weighted by Crippen LogP contribution is -1.83. The van der Waals surface area contributed by atoms with Crippen LogP contribution in [0.4, 0.5) is 0 Å². The Bertz CT molecular complexity index is 531. The number of rotatable bonds is 1. The summed E-state index contributed by atoms with van der Waals surface area (Å²) in [6.07, 6.45) is 3.50. The molecule has 3 aromatic rings. The van der Waals surface area contributed by atoms with Crippen molar-refractivity contribution in [1.29, 1.82) is 0 Å². The second-order valence-electron chi connectivity index (χ2n) is 3.57. The highest BCUT2D eigenvalue weighted by atomic mass is 16.5. The Hall–Kier alpha value is -2.42. The molecule has 0 spiro atoms. The van der Waals surface area contributed by atoms with Gasteiger partial charge in [-0.2, -0.15) is 0 Å². The quantitative estimate of drug-likeness (QED) is 0.652. The minimum atomic E-state index is 0.660. The first-order valence-corrected chi connectivity index (χ1v) is 5.65. The molecule has 0 fully saturated rings. The standard InChI is InChI=1S/C9H7N.C6H7NO/c1-2-6-9-8(4-1)5-3-7-10-9;1-8-6-4-2-3-5-7-6/h1-7H;2-5H,1H3. The maximum absolute atomic E-state index is 4.80. The minimum Gasteiger partial charge on any atom is -0.481 e. The maximum Gasteiger partial charge on any atom is 0.212 e. The van der Waals surface area contributed by atoms with Gasteiger partial charge in [0.15, 0.2) is 0 Å². The summed E-state index contributed by atoms with van der Waals surface area (Å²) in [5.74, 6) is 0.660. The Labute approximate surface area is 106 Å². The molecule has 0 saturated carbocycles. The molecule has 0 radical (unpaired) electrons. The average molecular weight is 238 g/mol. The first kappa shape index (κ1) is 12.0. The van der Waals surface area contributed by atoms with Crippen molar-refractivity contribution in [3.8, 4) is 5.88 Å². The molecule has 0 aliphatic heterocycles. The number of methoxy groups -OCH3 is 1. The molecule has 3 nitrogen and oxygen atoms in total. The summed E-state index contributed by atoms with van der Waals surface area (Å²) in [6.45, 7) is 0. The third-order valence-electron chi connectivity index (χ3n) is 2.36. The van der Waals surface area contributed by atoms with Gasteiger partial charge in [0.2, 0.25) is 5.88 Å². The first-order valence-electron chi connectivity index (χ1n) is 5.65. The monoisotopic (exact) mass is 238 g/mol. The average Bonchev–Trinajstić information content (AvgIpc) is 2.49. The molecule has 0 aliphatic rings. The molecule has 90 valence electrons. The van der Waals surface area contributed by atoms with Crippen LogP contribution in [-0.2, 0) is 0 Å². The van der Waals surface area contributed by atoms with Gasteiger partial charge in [-0.1, -0.05) is 30.3 Å². The van der Waals surface area contributed by atoms with Crippen molar-refractivity contribution in [2.45, 2.75) is 0 Å². The summed E-state index contributed by atoms with van der Waals surface area (Å²) in [6, 6.07) is 17.6. The molecular formula is C15H14N2O. The molecular weight excluding hydrogens is 224 g/mol. The minimum absolute atomic E-state index is 0.660. The highest BCUT2D eigenvalue weighted by Crippen LogP contribution is 2.07. The van der Waals surface area contributed by atoms with Gasteiger partial charge in [0.1, 0.15) is 0 Å². The van der Waals surface area contributed by atoms with Crippen LogP contribution in [0, 0.1) is 0 Å². The topological polar surface area (TPSA) is 35.0 Å². The molecule has 1 aromatic carbocycles. The van der Waals surface area contributed by atoms with E-state index in [2.05, 4.69) is 22.1 Å². The fourth-order valence-corrected chi connectivity index (χ4v) is 1.48. The predicted molar refractivity (Wildman–Crippen MR) is 72.5 cm³/mol. The second kappa shape index (κ2) is 6.35. The number of fused-ring (bicyclic) bond motifs is 1. The second-order valence-corrected chi connectivity index (χ2v) is 3.57. The van der Waals surface area contributed by atoms with E-state index < -0.39 is 0 Å². The lowest BCUT2D eigenvalue weighted by atomic mass is 10.2. The number of ether oxygens (including phenoxy) is 1. The zero-order valence-corrected chi connectivity index (χ0v) is 10.2. The molecule has 0 N–H and O–H groups in total. The molecule has 0 saturated heterocycles. The van der Waals surface area contributed by atoms with Gasteiger partial charge in [0.25, 0.3) is 0 Å². The molecule has 0 atom stereocenters. The van der Waals surface area contributed by atoms with Crippen molar-refractivity contribution in [1.82, 2.24) is 9.97 Å². The van der Waals surface area contributed by atoms with Gasteiger partial charge in [-0.15, -0.1) is 0 Å². The molecule has 2 aromatic heterocycles. The lowest BCUT2D eigenvalue weighted by molar-refractivity contribution is 0.398. The van der Waals surface area contributed by atoms with E-state index in [1.807, 2.05) is 42.6 Å². The number of hydrogen-bond donors (Lipinski definition) is 0. The van der Waals surface area contributed by atoms with E-state index in [1.54, 1.807) is 19.4 Å². The van der Waals surface area contributed by atoms with Crippen molar-refractivity contribution in [3.05, 3.63) is 67.0 Å². The Kier molecular flexibility index (Phi) is 4.25. The van der Waals surface area contributed by atoms with Crippen LogP contribution in [0.25, 0.3) is 10.9 Å². The van der Waals surface area contributed by atoms with Crippen LogP contribution in [0.1, 0.15) is 0 Å². The number of para-hydroxylation sites is 1. The van der Waals surface area contributed by atoms with Crippen molar-refractivity contribution in [2.75, 3.05) is 7.11 Å². The number of nitrogens with zero attached hydrogens (tertiary/aromatic N) is 2. The smallest absolute Gasteiger partial charge is 0.212 e. The zero-order chi connectivity index (χ0) is 12.6. The van der Waals surface area contributed by atoms with Crippen LogP contribution in [0.2, 0.25) is 0 Å². The Morgan fingerprint density at radius 3 is 2.17 bits per heavy atom. The van der Waals surface area contributed by atoms with E-state index in [0.29, 0.717) is 5.88 Å². The number of hydrogen-bond acceptors (Lipinski definition) is 3. The predicted octanol–water partition coefficient (Wildman–Crippen LogP) is 3.33. The number of benzene rings is 1. The van der Waals surface area contributed by atoms with Crippen LogP contribution in [-0.4, -0.2) is 17.1 Å². The van der Waals surface area contributed by atoms with Crippen LogP contribution in [0.5, 0.6) is 5.88 Å². The summed E-state index contributed by atoms with van der Waals surface area (Å²) < 4.78 is 4.80. The van der Waals surface area contributed by atoms with Crippen molar-refractivity contribution < 1.29 is 4.74 Å². The van der Waals surface area contributed by atoms with E-state index in [-0.39, 0.29) is 0 Å². The van der Waals surface area contributed by atoms with Gasteiger partial charge >= 0.3 is 0 Å². The summed E-state index contributed by atoms with van der Waals surface area (Å²) >= 11 is 0. The van der Waals surface area contributed by atoms with E-state index in [9.17, 15) is 0 Å². The van der Waals surface area contributed by atoms with Crippen LogP contribution in [0.3, 0.4) is 0 Å². The van der Waals surface area contributed by atoms with Crippen molar-refractivity contribution in [2.24, 2.45) is 0 Å². The summed E-state index contributed by atoms with van der Waals surface area (Å²) in [5, 5.41) is 1.20. The zero-order valence-electron chi connectivity index (χ0n) is 10.2. The molecule has 3 rings (SSSR count). The third-order valence-corrected chi connectivity index (χ3v) is 2.36. The summed E-state index contributed by atoms with van der Waals surface area (Å²) in [4.78, 5) is 8.06. The van der Waals surface area contributed by atoms with Crippen molar-refractivity contribution >= 4 is 10.9 Å². The highest BCUT2D eigenvalue weighted by molar-refractivity contribution is 5.77. The van der Waals surface area contributed by atoms with Gasteiger partial charge in [-0.25, -0.2) is 4.98 Å². The third kappa shape index (κ3) is 3.28. The molecule has 0 unspecified atom stereocenters. The van der Waals surface area contributed by atoms with E-state index in [4.69, 9.17) is 4.74 Å². The molecule has 18 heavy (non-hydrogen) atoms. The van der Waals surface area contributed by atoms with E-state index in [1.165, 1.54) is 5.39 Å². The summed E-state index contributed by atoms with van der Waals surface area (Å²) in [5.41, 5.74) is 1.06. The fourth-order valence-electron chi connectivity index (χ4n) is 1.48.